The van der Waals surface area contributed by atoms with Crippen molar-refractivity contribution in [3.63, 3.8) is 0 Å². The van der Waals surface area contributed by atoms with E-state index in [2.05, 4.69) is 25.8 Å². The van der Waals surface area contributed by atoms with Crippen LogP contribution in [0.15, 0.2) is 36.5 Å². The Hall–Kier alpha value is -3.13. The lowest BCUT2D eigenvalue weighted by Gasteiger charge is -2.29. The summed E-state index contributed by atoms with van der Waals surface area (Å²) < 4.78 is 0. The molecule has 27 heavy (non-hydrogen) atoms. The number of nitrogens with one attached hydrogen (secondary N) is 3. The highest BCUT2D eigenvalue weighted by Crippen LogP contribution is 2.25. The summed E-state index contributed by atoms with van der Waals surface area (Å²) in [6.45, 7) is 0. The van der Waals surface area contributed by atoms with Gasteiger partial charge in [0.2, 0.25) is 0 Å². The zero-order valence-corrected chi connectivity index (χ0v) is 14.9. The van der Waals surface area contributed by atoms with Crippen molar-refractivity contribution in [3.8, 4) is 0 Å². The third-order valence-corrected chi connectivity index (χ3v) is 5.02. The minimum atomic E-state index is -0.532. The van der Waals surface area contributed by atoms with Crippen molar-refractivity contribution in [1.29, 1.82) is 0 Å². The summed E-state index contributed by atoms with van der Waals surface area (Å²) in [5.41, 5.74) is 13.8. The number of carbonyl (C=O) groups is 1. The molecule has 8 nitrogen and oxygen atoms in total. The van der Waals surface area contributed by atoms with Crippen molar-refractivity contribution in [1.82, 2.24) is 15.2 Å². The molecule has 0 radical (unpaired) electrons. The van der Waals surface area contributed by atoms with E-state index in [1.54, 1.807) is 18.3 Å². The van der Waals surface area contributed by atoms with Crippen LogP contribution in [0.5, 0.6) is 0 Å². The van der Waals surface area contributed by atoms with Crippen LogP contribution in [0.25, 0.3) is 10.9 Å². The number of hydrogen-bond acceptors (Lipinski definition) is 6. The molecular formula is C19H23N7O. The Morgan fingerprint density at radius 1 is 1.19 bits per heavy atom. The Bertz CT molecular complexity index is 968. The Labute approximate surface area is 156 Å². The number of primary amides is 1. The molecule has 2 heterocycles. The van der Waals surface area contributed by atoms with Gasteiger partial charge in [0.05, 0.1) is 17.3 Å². The van der Waals surface area contributed by atoms with Crippen molar-refractivity contribution < 1.29 is 4.79 Å². The van der Waals surface area contributed by atoms with Crippen LogP contribution in [0.4, 0.5) is 17.3 Å². The van der Waals surface area contributed by atoms with E-state index in [1.807, 2.05) is 18.2 Å². The molecule has 1 saturated carbocycles. The standard InChI is InChI=1S/C19H23N7O/c20-14-3-1-2-4-16(14)24-17-8-6-13(18(21)27)19(25-17)23-12-5-7-15-11(9-12)10-22-26-15/h5-10,14,16H,1-4,20H2,(H2,21,27)(H,22,26)(H2,23,24,25)/t14-,16+/m0/s1. The van der Waals surface area contributed by atoms with Gasteiger partial charge in [-0.2, -0.15) is 5.10 Å². The second-order valence-electron chi connectivity index (χ2n) is 6.95. The van der Waals surface area contributed by atoms with Crippen LogP contribution in [-0.4, -0.2) is 33.2 Å². The molecule has 7 N–H and O–H groups in total. The summed E-state index contributed by atoms with van der Waals surface area (Å²) in [6, 6.07) is 9.48. The first kappa shape index (κ1) is 17.3. The third-order valence-electron chi connectivity index (χ3n) is 5.02. The van der Waals surface area contributed by atoms with Crippen LogP contribution >= 0.6 is 0 Å². The predicted octanol–water partition coefficient (Wildman–Crippen LogP) is 2.48. The van der Waals surface area contributed by atoms with Gasteiger partial charge in [-0.3, -0.25) is 9.89 Å². The van der Waals surface area contributed by atoms with Gasteiger partial charge in [-0.1, -0.05) is 12.8 Å². The number of fused-ring (bicyclic) bond motifs is 1. The molecule has 140 valence electrons. The van der Waals surface area contributed by atoms with Crippen molar-refractivity contribution >= 4 is 34.1 Å². The SMILES string of the molecule is NC(=O)c1ccc(N[C@@H]2CCCC[C@@H]2N)nc1Nc1ccc2[nH]ncc2c1. The van der Waals surface area contributed by atoms with E-state index in [9.17, 15) is 4.79 Å². The summed E-state index contributed by atoms with van der Waals surface area (Å²) in [7, 11) is 0. The van der Waals surface area contributed by atoms with Gasteiger partial charge in [0, 0.05) is 23.2 Å². The topological polar surface area (TPSA) is 135 Å². The van der Waals surface area contributed by atoms with Gasteiger partial charge in [0.1, 0.15) is 11.6 Å². The molecule has 8 heteroatoms. The number of amides is 1. The second-order valence-corrected chi connectivity index (χ2v) is 6.95. The molecular weight excluding hydrogens is 342 g/mol. The molecule has 2 aromatic heterocycles. The predicted molar refractivity (Wildman–Crippen MR) is 106 cm³/mol. The molecule has 3 aromatic rings. The fourth-order valence-corrected chi connectivity index (χ4v) is 3.52. The van der Waals surface area contributed by atoms with Crippen LogP contribution in [0.3, 0.4) is 0 Å². The summed E-state index contributed by atoms with van der Waals surface area (Å²) in [5.74, 6) is 0.560. The average Bonchev–Trinajstić information content (AvgIpc) is 3.11. The third kappa shape index (κ3) is 3.70. The van der Waals surface area contributed by atoms with Crippen LogP contribution < -0.4 is 22.1 Å². The largest absolute Gasteiger partial charge is 0.366 e. The number of nitrogens with zero attached hydrogens (tertiary/aromatic N) is 2. The lowest BCUT2D eigenvalue weighted by atomic mass is 9.91. The number of nitrogens with two attached hydrogens (primary N) is 2. The van der Waals surface area contributed by atoms with Gasteiger partial charge in [0.25, 0.3) is 5.91 Å². The Balaban J connectivity index is 1.61. The number of anilines is 3. The summed E-state index contributed by atoms with van der Waals surface area (Å²) in [6.07, 6.45) is 6.08. The molecule has 4 rings (SSSR count). The molecule has 1 fully saturated rings. The Morgan fingerprint density at radius 2 is 2.04 bits per heavy atom. The first-order chi connectivity index (χ1) is 13.1. The summed E-state index contributed by atoms with van der Waals surface area (Å²) in [4.78, 5) is 16.4. The number of pyridine rings is 1. The minimum Gasteiger partial charge on any atom is -0.366 e. The minimum absolute atomic E-state index is 0.108. The van der Waals surface area contributed by atoms with E-state index >= 15 is 0 Å². The van der Waals surface area contributed by atoms with Crippen LogP contribution in [0.1, 0.15) is 36.0 Å². The molecule has 0 saturated heterocycles. The fraction of sp³-hybridized carbons (Fsp3) is 0.316. The maximum Gasteiger partial charge on any atom is 0.252 e. The van der Waals surface area contributed by atoms with Gasteiger partial charge in [-0.15, -0.1) is 0 Å². The van der Waals surface area contributed by atoms with E-state index in [0.717, 1.165) is 42.3 Å². The number of benzene rings is 1. The maximum absolute atomic E-state index is 11.8. The fourth-order valence-electron chi connectivity index (χ4n) is 3.52. The van der Waals surface area contributed by atoms with Crippen molar-refractivity contribution in [2.45, 2.75) is 37.8 Å². The average molecular weight is 365 g/mol. The van der Waals surface area contributed by atoms with Gasteiger partial charge in [0.15, 0.2) is 0 Å². The molecule has 2 atom stereocenters. The van der Waals surface area contributed by atoms with Crippen LogP contribution in [0.2, 0.25) is 0 Å². The molecule has 0 bridgehead atoms. The number of H-pyrrole nitrogens is 1. The molecule has 1 amide bonds. The van der Waals surface area contributed by atoms with Crippen LogP contribution in [0, 0.1) is 0 Å². The molecule has 1 aliphatic rings. The first-order valence-corrected chi connectivity index (χ1v) is 9.13. The van der Waals surface area contributed by atoms with E-state index in [0.29, 0.717) is 17.2 Å². The van der Waals surface area contributed by atoms with Gasteiger partial charge >= 0.3 is 0 Å². The quantitative estimate of drug-likeness (QED) is 0.471. The number of hydrogen-bond donors (Lipinski definition) is 5. The molecule has 1 aromatic carbocycles. The summed E-state index contributed by atoms with van der Waals surface area (Å²) >= 11 is 0. The lowest BCUT2D eigenvalue weighted by molar-refractivity contribution is 0.100. The zero-order valence-electron chi connectivity index (χ0n) is 14.9. The first-order valence-electron chi connectivity index (χ1n) is 9.13. The highest BCUT2D eigenvalue weighted by atomic mass is 16.1. The Morgan fingerprint density at radius 3 is 2.85 bits per heavy atom. The lowest BCUT2D eigenvalue weighted by Crippen LogP contribution is -2.42. The Kier molecular flexibility index (Phi) is 4.64. The van der Waals surface area contributed by atoms with E-state index in [1.165, 1.54) is 0 Å². The number of aromatic nitrogens is 3. The number of rotatable bonds is 5. The van der Waals surface area contributed by atoms with E-state index in [-0.39, 0.29) is 12.1 Å². The normalized spacial score (nSPS) is 19.7. The highest BCUT2D eigenvalue weighted by Gasteiger charge is 2.22. The molecule has 0 aliphatic heterocycles. The van der Waals surface area contributed by atoms with Crippen LogP contribution in [-0.2, 0) is 0 Å². The van der Waals surface area contributed by atoms with Gasteiger partial charge in [-0.25, -0.2) is 4.98 Å². The zero-order chi connectivity index (χ0) is 18.8. The van der Waals surface area contributed by atoms with Crippen molar-refractivity contribution in [3.05, 3.63) is 42.1 Å². The van der Waals surface area contributed by atoms with Crippen molar-refractivity contribution in [2.75, 3.05) is 10.6 Å². The smallest absolute Gasteiger partial charge is 0.252 e. The second kappa shape index (κ2) is 7.24. The maximum atomic E-state index is 11.8. The monoisotopic (exact) mass is 365 g/mol. The highest BCUT2D eigenvalue weighted by molar-refractivity contribution is 5.98. The summed E-state index contributed by atoms with van der Waals surface area (Å²) in [5, 5.41) is 14.5. The molecule has 0 unspecified atom stereocenters. The number of carbonyl (C=O) groups excluding carboxylic acids is 1. The van der Waals surface area contributed by atoms with Crippen molar-refractivity contribution in [2.24, 2.45) is 11.5 Å². The van der Waals surface area contributed by atoms with E-state index in [4.69, 9.17) is 11.5 Å². The molecule has 0 spiro atoms. The number of aromatic amines is 1. The van der Waals surface area contributed by atoms with Gasteiger partial charge < -0.3 is 22.1 Å². The molecule has 1 aliphatic carbocycles. The van der Waals surface area contributed by atoms with E-state index < -0.39 is 5.91 Å². The van der Waals surface area contributed by atoms with Gasteiger partial charge in [-0.05, 0) is 43.2 Å².